The van der Waals surface area contributed by atoms with E-state index < -0.39 is 0 Å². The molecule has 0 saturated carbocycles. The fraction of sp³-hybridized carbons (Fsp3) is 0.0800. The van der Waals surface area contributed by atoms with Gasteiger partial charge in [0.1, 0.15) is 0 Å². The second-order valence-electron chi connectivity index (χ2n) is 14.5. The van der Waals surface area contributed by atoms with Gasteiger partial charge in [0.05, 0.1) is 34.8 Å². The Kier molecular flexibility index (Phi) is 7.69. The summed E-state index contributed by atoms with van der Waals surface area (Å²) < 4.78 is 2.38. The van der Waals surface area contributed by atoms with Gasteiger partial charge in [-0.3, -0.25) is 9.97 Å². The largest absolute Gasteiger partial charge is 0.354 e. The number of hydrogen-bond donors (Lipinski definition) is 1. The fourth-order valence-electron chi connectivity index (χ4n) is 8.17. The van der Waals surface area contributed by atoms with E-state index in [4.69, 9.17) is 0 Å². The van der Waals surface area contributed by atoms with Gasteiger partial charge in [-0.1, -0.05) is 90.0 Å². The van der Waals surface area contributed by atoms with Gasteiger partial charge in [0.15, 0.2) is 0 Å². The average Bonchev–Trinajstić information content (AvgIpc) is 3.53. The van der Waals surface area contributed by atoms with Crippen molar-refractivity contribution in [3.8, 4) is 50.2 Å². The maximum atomic E-state index is 4.52. The van der Waals surface area contributed by atoms with Crippen molar-refractivity contribution in [1.29, 1.82) is 0 Å². The molecule has 1 aliphatic rings. The van der Waals surface area contributed by atoms with Crippen molar-refractivity contribution >= 4 is 33.2 Å². The van der Waals surface area contributed by atoms with Gasteiger partial charge in [0.2, 0.25) is 0 Å². The Hall–Kier alpha value is -6.78. The van der Waals surface area contributed by atoms with Crippen LogP contribution in [0.5, 0.6) is 0 Å². The standard InChI is InChI=1S/C50H38N4/c1-32-7-11-34(12-8-32)36-18-21-48(53-41-5-3-23-51-30-41)45(26-36)39-17-20-43-38(25-39)15-16-40-28-47-46-27-37(35-13-9-33(2)10-14-35)19-22-49(46)54(50(47)29-44(40)43)42-6-4-24-52-31-42/h3-14,17-31,53H,15-16H2,1-2H3. The van der Waals surface area contributed by atoms with Gasteiger partial charge in [-0.05, 0) is 137 Å². The van der Waals surface area contributed by atoms with E-state index in [0.717, 1.165) is 29.9 Å². The first-order valence-electron chi connectivity index (χ1n) is 18.7. The Labute approximate surface area is 315 Å². The number of fused-ring (bicyclic) bond motifs is 6. The van der Waals surface area contributed by atoms with Crippen molar-refractivity contribution in [1.82, 2.24) is 14.5 Å². The zero-order chi connectivity index (χ0) is 36.2. The first-order chi connectivity index (χ1) is 26.6. The predicted octanol–water partition coefficient (Wildman–Crippen LogP) is 12.7. The molecule has 6 aromatic carbocycles. The van der Waals surface area contributed by atoms with Crippen LogP contribution in [0.1, 0.15) is 22.3 Å². The zero-order valence-corrected chi connectivity index (χ0v) is 30.3. The van der Waals surface area contributed by atoms with Crippen LogP contribution in [0.2, 0.25) is 0 Å². The van der Waals surface area contributed by atoms with Gasteiger partial charge in [0.25, 0.3) is 0 Å². The van der Waals surface area contributed by atoms with E-state index in [2.05, 4.69) is 161 Å². The lowest BCUT2D eigenvalue weighted by Gasteiger charge is -2.22. The Balaban J connectivity index is 1.11. The molecule has 0 saturated heterocycles. The monoisotopic (exact) mass is 694 g/mol. The molecule has 0 amide bonds. The fourth-order valence-corrected chi connectivity index (χ4v) is 8.17. The summed E-state index contributed by atoms with van der Waals surface area (Å²) in [6, 6.07) is 51.4. The van der Waals surface area contributed by atoms with E-state index in [1.54, 1.807) is 6.20 Å². The number of nitrogens with one attached hydrogen (secondary N) is 1. The first kappa shape index (κ1) is 31.9. The molecular formula is C50H38N4. The van der Waals surface area contributed by atoms with Crippen molar-refractivity contribution < 1.29 is 0 Å². The smallest absolute Gasteiger partial charge is 0.0645 e. The first-order valence-corrected chi connectivity index (χ1v) is 18.7. The highest BCUT2D eigenvalue weighted by molar-refractivity contribution is 6.12. The molecule has 1 aliphatic carbocycles. The molecule has 0 bridgehead atoms. The maximum absolute atomic E-state index is 4.52. The zero-order valence-electron chi connectivity index (χ0n) is 30.3. The van der Waals surface area contributed by atoms with Crippen LogP contribution in [0.3, 0.4) is 0 Å². The molecular weight excluding hydrogens is 657 g/mol. The maximum Gasteiger partial charge on any atom is 0.0645 e. The number of benzene rings is 6. The van der Waals surface area contributed by atoms with E-state index in [1.807, 2.05) is 30.7 Å². The van der Waals surface area contributed by atoms with Gasteiger partial charge >= 0.3 is 0 Å². The van der Waals surface area contributed by atoms with Crippen LogP contribution in [-0.2, 0) is 12.8 Å². The lowest BCUT2D eigenvalue weighted by atomic mass is 9.83. The number of rotatable bonds is 6. The van der Waals surface area contributed by atoms with E-state index in [1.165, 1.54) is 88.6 Å². The van der Waals surface area contributed by atoms with Crippen LogP contribution in [0.4, 0.5) is 11.4 Å². The van der Waals surface area contributed by atoms with Crippen LogP contribution < -0.4 is 5.32 Å². The van der Waals surface area contributed by atoms with E-state index in [0.29, 0.717) is 0 Å². The van der Waals surface area contributed by atoms with Crippen LogP contribution in [0.25, 0.3) is 72.0 Å². The van der Waals surface area contributed by atoms with Gasteiger partial charge in [0, 0.05) is 34.4 Å². The third kappa shape index (κ3) is 5.64. The molecule has 1 N–H and O–H groups in total. The van der Waals surface area contributed by atoms with Gasteiger partial charge in [-0.2, -0.15) is 0 Å². The summed E-state index contributed by atoms with van der Waals surface area (Å²) in [6.45, 7) is 4.27. The van der Waals surface area contributed by atoms with Crippen molar-refractivity contribution in [2.75, 3.05) is 5.32 Å². The third-order valence-electron chi connectivity index (χ3n) is 11.0. The molecule has 4 heteroatoms. The van der Waals surface area contributed by atoms with Gasteiger partial charge in [-0.15, -0.1) is 0 Å². The molecule has 54 heavy (non-hydrogen) atoms. The highest BCUT2D eigenvalue weighted by Crippen LogP contribution is 2.43. The molecule has 4 nitrogen and oxygen atoms in total. The molecule has 0 fully saturated rings. The second-order valence-corrected chi connectivity index (χ2v) is 14.5. The molecule has 9 aromatic rings. The number of nitrogens with zero attached hydrogens (tertiary/aromatic N) is 3. The molecule has 10 rings (SSSR count). The molecule has 0 radical (unpaired) electrons. The summed E-state index contributed by atoms with van der Waals surface area (Å²) >= 11 is 0. The predicted molar refractivity (Wildman–Crippen MR) is 225 cm³/mol. The molecule has 3 heterocycles. The van der Waals surface area contributed by atoms with Crippen LogP contribution in [0, 0.1) is 13.8 Å². The number of aryl methyl sites for hydroxylation is 4. The Morgan fingerprint density at radius 1 is 0.481 bits per heavy atom. The quantitative estimate of drug-likeness (QED) is 0.188. The summed E-state index contributed by atoms with van der Waals surface area (Å²) in [6.07, 6.45) is 9.46. The summed E-state index contributed by atoms with van der Waals surface area (Å²) in [7, 11) is 0. The summed E-state index contributed by atoms with van der Waals surface area (Å²) in [5, 5.41) is 6.20. The number of pyridine rings is 2. The minimum absolute atomic E-state index is 0.965. The minimum Gasteiger partial charge on any atom is -0.354 e. The van der Waals surface area contributed by atoms with Crippen molar-refractivity contribution in [3.05, 3.63) is 187 Å². The Bertz CT molecular complexity index is 2830. The van der Waals surface area contributed by atoms with Crippen LogP contribution in [0.15, 0.2) is 164 Å². The minimum atomic E-state index is 0.965. The molecule has 0 atom stereocenters. The Morgan fingerprint density at radius 2 is 1.11 bits per heavy atom. The summed E-state index contributed by atoms with van der Waals surface area (Å²) in [5.41, 5.74) is 20.6. The van der Waals surface area contributed by atoms with E-state index in [9.17, 15) is 0 Å². The lowest BCUT2D eigenvalue weighted by molar-refractivity contribution is 0.944. The molecule has 258 valence electrons. The van der Waals surface area contributed by atoms with Crippen LogP contribution >= 0.6 is 0 Å². The molecule has 0 spiro atoms. The average molecular weight is 695 g/mol. The third-order valence-corrected chi connectivity index (χ3v) is 11.0. The SMILES string of the molecule is Cc1ccc(-c2ccc(Nc3cccnc3)c(-c3ccc4c(c3)CCc3cc5c6cc(-c7ccc(C)cc7)ccc6n(-c6cccnc6)c5cc3-4)c2)cc1. The van der Waals surface area contributed by atoms with Crippen molar-refractivity contribution in [2.45, 2.75) is 26.7 Å². The van der Waals surface area contributed by atoms with Gasteiger partial charge < -0.3 is 9.88 Å². The Morgan fingerprint density at radius 3 is 1.81 bits per heavy atom. The number of aromatic nitrogens is 3. The van der Waals surface area contributed by atoms with Crippen molar-refractivity contribution in [3.63, 3.8) is 0 Å². The molecule has 0 unspecified atom stereocenters. The van der Waals surface area contributed by atoms with E-state index >= 15 is 0 Å². The lowest BCUT2D eigenvalue weighted by Crippen LogP contribution is -2.05. The number of anilines is 2. The highest BCUT2D eigenvalue weighted by atomic mass is 15.0. The topological polar surface area (TPSA) is 42.7 Å². The summed E-state index contributed by atoms with van der Waals surface area (Å²) in [5.74, 6) is 0. The van der Waals surface area contributed by atoms with Gasteiger partial charge in [-0.25, -0.2) is 0 Å². The van der Waals surface area contributed by atoms with E-state index in [-0.39, 0.29) is 0 Å². The highest BCUT2D eigenvalue weighted by Gasteiger charge is 2.22. The molecule has 0 aliphatic heterocycles. The number of hydrogen-bond acceptors (Lipinski definition) is 3. The summed E-state index contributed by atoms with van der Waals surface area (Å²) in [4.78, 5) is 8.87. The van der Waals surface area contributed by atoms with Crippen molar-refractivity contribution in [2.24, 2.45) is 0 Å². The second kappa shape index (κ2) is 13.0. The van der Waals surface area contributed by atoms with Crippen LogP contribution in [-0.4, -0.2) is 14.5 Å². The normalized spacial score (nSPS) is 12.1. The molecule has 3 aromatic heterocycles.